The number of allylic oxidation sites excluding steroid dienone is 1. The van der Waals surface area contributed by atoms with Crippen LogP contribution in [0.5, 0.6) is 0 Å². The Morgan fingerprint density at radius 3 is 2.04 bits per heavy atom. The summed E-state index contributed by atoms with van der Waals surface area (Å²) < 4.78 is 28.4. The summed E-state index contributed by atoms with van der Waals surface area (Å²) in [7, 11) is 0. The Hall–Kier alpha value is -1.33. The third-order valence-corrected chi connectivity index (χ3v) is 7.00. The van der Waals surface area contributed by atoms with Gasteiger partial charge in [-0.25, -0.2) is 8.78 Å². The van der Waals surface area contributed by atoms with Gasteiger partial charge in [0.15, 0.2) is 0 Å². The summed E-state index contributed by atoms with van der Waals surface area (Å²) >= 11 is 6.08. The molecular weight excluding hydrogens is 374 g/mol. The molecule has 1 aromatic rings. The Morgan fingerprint density at radius 1 is 1.00 bits per heavy atom. The fourth-order valence-electron chi connectivity index (χ4n) is 4.99. The van der Waals surface area contributed by atoms with Crippen LogP contribution in [0.25, 0.3) is 0 Å². The van der Waals surface area contributed by atoms with Gasteiger partial charge in [-0.1, -0.05) is 43.4 Å². The van der Waals surface area contributed by atoms with Gasteiger partial charge in [0.25, 0.3) is 0 Å². The predicted molar refractivity (Wildman–Crippen MR) is 113 cm³/mol. The number of hydrogen-bond donors (Lipinski definition) is 0. The largest absolute Gasteiger partial charge is 0.206 e. The van der Waals surface area contributed by atoms with Crippen LogP contribution in [0, 0.1) is 47.1 Å². The first-order chi connectivity index (χ1) is 13.5. The predicted octanol–water partition coefficient (Wildman–Crippen LogP) is 7.63. The van der Waals surface area contributed by atoms with E-state index in [0.29, 0.717) is 17.9 Å². The van der Waals surface area contributed by atoms with Gasteiger partial charge in [0.05, 0.1) is 5.56 Å². The van der Waals surface area contributed by atoms with Gasteiger partial charge >= 0.3 is 0 Å². The second kappa shape index (κ2) is 9.93. The summed E-state index contributed by atoms with van der Waals surface area (Å²) in [5, 5.41) is 0.819. The van der Waals surface area contributed by atoms with E-state index >= 15 is 0 Å². The third kappa shape index (κ3) is 5.38. The molecule has 2 aliphatic carbocycles. The van der Waals surface area contributed by atoms with Crippen molar-refractivity contribution in [3.05, 3.63) is 46.5 Å². The van der Waals surface area contributed by atoms with Crippen molar-refractivity contribution in [1.82, 2.24) is 0 Å². The van der Waals surface area contributed by atoms with Gasteiger partial charge in [0, 0.05) is 11.0 Å². The quantitative estimate of drug-likeness (QED) is 0.452. The first-order valence-corrected chi connectivity index (χ1v) is 11.2. The van der Waals surface area contributed by atoms with Gasteiger partial charge in [0.2, 0.25) is 0 Å². The van der Waals surface area contributed by atoms with E-state index in [-0.39, 0.29) is 11.5 Å². The van der Waals surface area contributed by atoms with Crippen molar-refractivity contribution in [3.63, 3.8) is 0 Å². The van der Waals surface area contributed by atoms with Crippen LogP contribution in [0.2, 0.25) is 0 Å². The zero-order chi connectivity index (χ0) is 20.1. The fraction of sp³-hybridized carbons (Fsp3) is 0.600. The highest BCUT2D eigenvalue weighted by Gasteiger charge is 2.31. The maximum atomic E-state index is 14.2. The van der Waals surface area contributed by atoms with Crippen LogP contribution in [0.1, 0.15) is 75.8 Å². The number of aryl methyl sites for hydroxylation is 1. The molecule has 152 valence electrons. The van der Waals surface area contributed by atoms with E-state index in [0.717, 1.165) is 36.1 Å². The van der Waals surface area contributed by atoms with Crippen LogP contribution in [-0.2, 0) is 6.42 Å². The van der Waals surface area contributed by atoms with Crippen molar-refractivity contribution < 1.29 is 8.78 Å². The molecule has 0 N–H and O–H groups in total. The standard InChI is InChI=1S/C25H31ClF2/c1-3-4-19-15-24(27)23(25(28)16-19)14-7-18-5-8-21(9-6-18)22-12-10-20(11-13-22)17(2)26/h15-16,18,20-22H,2-6,8-13H2,1H3. The molecule has 0 aliphatic heterocycles. The zero-order valence-corrected chi connectivity index (χ0v) is 17.6. The van der Waals surface area contributed by atoms with Crippen LogP contribution >= 0.6 is 11.6 Å². The Bertz CT molecular complexity index is 719. The molecule has 0 saturated heterocycles. The summed E-state index contributed by atoms with van der Waals surface area (Å²) in [6.07, 6.45) is 10.8. The fourth-order valence-corrected chi connectivity index (χ4v) is 5.21. The van der Waals surface area contributed by atoms with Crippen molar-refractivity contribution in [1.29, 1.82) is 0 Å². The molecule has 0 bridgehead atoms. The smallest absolute Gasteiger partial charge is 0.142 e. The van der Waals surface area contributed by atoms with Crippen LogP contribution in [-0.4, -0.2) is 0 Å². The lowest BCUT2D eigenvalue weighted by atomic mass is 9.69. The maximum Gasteiger partial charge on any atom is 0.142 e. The van der Waals surface area contributed by atoms with Crippen molar-refractivity contribution >= 4 is 11.6 Å². The molecule has 3 rings (SSSR count). The first-order valence-electron chi connectivity index (χ1n) is 10.8. The molecule has 2 fully saturated rings. The maximum absolute atomic E-state index is 14.2. The minimum Gasteiger partial charge on any atom is -0.206 e. The first kappa shape index (κ1) is 21.4. The third-order valence-electron chi connectivity index (χ3n) is 6.70. The SMILES string of the molecule is C=C(Cl)C1CCC(C2CCC(C#Cc3c(F)cc(CCC)cc3F)CC2)CC1. The molecule has 3 heteroatoms. The van der Waals surface area contributed by atoms with E-state index in [1.165, 1.54) is 50.7 Å². The van der Waals surface area contributed by atoms with Crippen molar-refractivity contribution in [3.8, 4) is 11.8 Å². The van der Waals surface area contributed by atoms with E-state index < -0.39 is 11.6 Å². The van der Waals surface area contributed by atoms with Gasteiger partial charge in [0.1, 0.15) is 11.6 Å². The van der Waals surface area contributed by atoms with E-state index in [4.69, 9.17) is 11.6 Å². The monoisotopic (exact) mass is 404 g/mol. The highest BCUT2D eigenvalue weighted by atomic mass is 35.5. The van der Waals surface area contributed by atoms with Crippen LogP contribution in [0.3, 0.4) is 0 Å². The summed E-state index contributed by atoms with van der Waals surface area (Å²) in [5.74, 6) is 7.22. The lowest BCUT2D eigenvalue weighted by molar-refractivity contribution is 0.167. The van der Waals surface area contributed by atoms with E-state index in [1.807, 2.05) is 6.92 Å². The Labute approximate surface area is 173 Å². The van der Waals surface area contributed by atoms with Gasteiger partial charge in [-0.2, -0.15) is 0 Å². The number of hydrogen-bond acceptors (Lipinski definition) is 0. The van der Waals surface area contributed by atoms with Crippen LogP contribution in [0.4, 0.5) is 8.78 Å². The Balaban J connectivity index is 1.54. The number of benzene rings is 1. The van der Waals surface area contributed by atoms with Crippen molar-refractivity contribution in [2.75, 3.05) is 0 Å². The summed E-state index contributed by atoms with van der Waals surface area (Å²) in [6.45, 7) is 5.89. The highest BCUT2D eigenvalue weighted by molar-refractivity contribution is 6.29. The minimum atomic E-state index is -0.526. The molecule has 0 nitrogen and oxygen atoms in total. The molecule has 2 saturated carbocycles. The minimum absolute atomic E-state index is 0.0680. The second-order valence-electron chi connectivity index (χ2n) is 8.62. The van der Waals surface area contributed by atoms with Crippen LogP contribution < -0.4 is 0 Å². The van der Waals surface area contributed by atoms with Gasteiger partial charge < -0.3 is 0 Å². The molecule has 0 radical (unpaired) electrons. The van der Waals surface area contributed by atoms with Crippen LogP contribution in [0.15, 0.2) is 23.7 Å². The molecule has 2 aliphatic rings. The van der Waals surface area contributed by atoms with Crippen molar-refractivity contribution in [2.24, 2.45) is 23.7 Å². The lowest BCUT2D eigenvalue weighted by Gasteiger charge is -2.36. The second-order valence-corrected chi connectivity index (χ2v) is 9.11. The van der Waals surface area contributed by atoms with E-state index in [1.54, 1.807) is 0 Å². The molecule has 0 heterocycles. The molecule has 0 aromatic heterocycles. The molecule has 0 atom stereocenters. The lowest BCUT2D eigenvalue weighted by Crippen LogP contribution is -2.25. The normalized spacial score (nSPS) is 27.7. The molecule has 28 heavy (non-hydrogen) atoms. The average Bonchev–Trinajstić information content (AvgIpc) is 2.68. The average molecular weight is 405 g/mol. The molecule has 0 unspecified atom stereocenters. The van der Waals surface area contributed by atoms with Crippen molar-refractivity contribution in [2.45, 2.75) is 71.1 Å². The van der Waals surface area contributed by atoms with E-state index in [2.05, 4.69) is 18.4 Å². The molecule has 1 aromatic carbocycles. The van der Waals surface area contributed by atoms with Gasteiger partial charge in [-0.15, -0.1) is 0 Å². The number of halogens is 3. The molecular formula is C25H31ClF2. The summed E-state index contributed by atoms with van der Waals surface area (Å²) in [6, 6.07) is 2.86. The zero-order valence-electron chi connectivity index (χ0n) is 16.9. The Kier molecular flexibility index (Phi) is 7.58. The summed E-state index contributed by atoms with van der Waals surface area (Å²) in [5.41, 5.74) is 0.637. The highest BCUT2D eigenvalue weighted by Crippen LogP contribution is 2.43. The Morgan fingerprint density at radius 2 is 1.54 bits per heavy atom. The van der Waals surface area contributed by atoms with E-state index in [9.17, 15) is 8.78 Å². The summed E-state index contributed by atoms with van der Waals surface area (Å²) in [4.78, 5) is 0. The van der Waals surface area contributed by atoms with Gasteiger partial charge in [-0.05, 0) is 93.2 Å². The number of rotatable bonds is 4. The topological polar surface area (TPSA) is 0 Å². The molecule has 0 amide bonds. The van der Waals surface area contributed by atoms with Gasteiger partial charge in [-0.3, -0.25) is 0 Å². The molecule has 0 spiro atoms.